The van der Waals surface area contributed by atoms with Gasteiger partial charge in [0.15, 0.2) is 0 Å². The predicted octanol–water partition coefficient (Wildman–Crippen LogP) is 3.96. The number of aromatic nitrogens is 2. The molecule has 1 amide bonds. The number of carboxylic acids is 1. The van der Waals surface area contributed by atoms with Crippen LogP contribution in [0.5, 0.6) is 0 Å². The van der Waals surface area contributed by atoms with Crippen LogP contribution in [0.4, 0.5) is 18.0 Å². The highest BCUT2D eigenvalue weighted by atomic mass is 19.4. The summed E-state index contributed by atoms with van der Waals surface area (Å²) in [6.07, 6.45) is -5.47. The van der Waals surface area contributed by atoms with Gasteiger partial charge in [-0.05, 0) is 22.3 Å². The highest BCUT2D eigenvalue weighted by Crippen LogP contribution is 2.44. The lowest BCUT2D eigenvalue weighted by atomic mass is 9.98. The molecular weight excluding hydrogens is 427 g/mol. The minimum Gasteiger partial charge on any atom is -0.480 e. The SMILES string of the molecule is O=C(N[C@@H](Cc1cn[nH]c1C(F)(F)F)C(=O)O)OCC1c2ccccc2-c2ccccc21. The molecule has 1 atom stereocenters. The number of fused-ring (bicyclic) bond motifs is 3. The third kappa shape index (κ3) is 4.16. The Hall–Kier alpha value is -3.82. The van der Waals surface area contributed by atoms with E-state index in [0.29, 0.717) is 0 Å². The zero-order valence-corrected chi connectivity index (χ0v) is 16.5. The van der Waals surface area contributed by atoms with Crippen LogP contribution in [-0.2, 0) is 22.1 Å². The molecule has 0 saturated carbocycles. The third-order valence-electron chi connectivity index (χ3n) is 5.36. The number of H-pyrrole nitrogens is 1. The Morgan fingerprint density at radius 3 is 2.25 bits per heavy atom. The first-order chi connectivity index (χ1) is 15.3. The smallest absolute Gasteiger partial charge is 0.433 e. The van der Waals surface area contributed by atoms with Crippen molar-refractivity contribution in [1.82, 2.24) is 15.5 Å². The van der Waals surface area contributed by atoms with E-state index in [-0.39, 0.29) is 18.1 Å². The number of nitrogens with zero attached hydrogens (tertiary/aromatic N) is 1. The van der Waals surface area contributed by atoms with Crippen molar-refractivity contribution in [2.75, 3.05) is 6.61 Å². The third-order valence-corrected chi connectivity index (χ3v) is 5.36. The number of nitrogens with one attached hydrogen (secondary N) is 2. The van der Waals surface area contributed by atoms with Crippen molar-refractivity contribution in [3.05, 3.63) is 77.1 Å². The van der Waals surface area contributed by atoms with E-state index in [0.717, 1.165) is 28.5 Å². The fourth-order valence-electron chi connectivity index (χ4n) is 3.91. The van der Waals surface area contributed by atoms with Crippen molar-refractivity contribution in [2.24, 2.45) is 0 Å². The molecule has 0 aliphatic heterocycles. The summed E-state index contributed by atoms with van der Waals surface area (Å²) in [5, 5.41) is 16.7. The molecule has 3 N–H and O–H groups in total. The average Bonchev–Trinajstić information content (AvgIpc) is 3.34. The number of ether oxygens (including phenoxy) is 1. The maximum absolute atomic E-state index is 13.0. The lowest BCUT2D eigenvalue weighted by Gasteiger charge is -2.17. The lowest BCUT2D eigenvalue weighted by Crippen LogP contribution is -2.43. The van der Waals surface area contributed by atoms with Crippen molar-refractivity contribution in [1.29, 1.82) is 0 Å². The van der Waals surface area contributed by atoms with Crippen LogP contribution in [0.3, 0.4) is 0 Å². The van der Waals surface area contributed by atoms with Gasteiger partial charge in [-0.2, -0.15) is 18.3 Å². The average molecular weight is 445 g/mol. The van der Waals surface area contributed by atoms with Gasteiger partial charge in [0.25, 0.3) is 0 Å². The lowest BCUT2D eigenvalue weighted by molar-refractivity contribution is -0.143. The second-order valence-electron chi connectivity index (χ2n) is 7.33. The zero-order chi connectivity index (χ0) is 22.9. The molecule has 0 spiro atoms. The predicted molar refractivity (Wildman–Crippen MR) is 107 cm³/mol. The number of rotatable bonds is 6. The summed E-state index contributed by atoms with van der Waals surface area (Å²) in [5.74, 6) is -1.73. The first-order valence-electron chi connectivity index (χ1n) is 9.69. The van der Waals surface area contributed by atoms with Gasteiger partial charge in [0, 0.05) is 17.9 Å². The van der Waals surface area contributed by atoms with Crippen LogP contribution in [0.2, 0.25) is 0 Å². The summed E-state index contributed by atoms with van der Waals surface area (Å²) in [4.78, 5) is 23.8. The van der Waals surface area contributed by atoms with Crippen molar-refractivity contribution >= 4 is 12.1 Å². The van der Waals surface area contributed by atoms with Crippen molar-refractivity contribution in [3.8, 4) is 11.1 Å². The van der Waals surface area contributed by atoms with Crippen LogP contribution in [0, 0.1) is 0 Å². The molecule has 32 heavy (non-hydrogen) atoms. The molecule has 1 aromatic heterocycles. The van der Waals surface area contributed by atoms with E-state index in [9.17, 15) is 27.9 Å². The standard InChI is InChI=1S/C22H18F3N3O4/c23-22(24,25)19-12(10-26-28-19)9-18(20(29)30)27-21(31)32-11-17-15-7-3-1-5-13(15)14-6-2-4-8-16(14)17/h1-8,10,17-18H,9,11H2,(H,26,28)(H,27,31)(H,29,30)/t18-/m0/s1. The Labute approximate surface area is 180 Å². The normalized spacial score (nSPS) is 13.8. The van der Waals surface area contributed by atoms with Crippen molar-refractivity contribution in [2.45, 2.75) is 24.6 Å². The van der Waals surface area contributed by atoms with Crippen LogP contribution in [-0.4, -0.2) is 40.0 Å². The second kappa shape index (κ2) is 8.37. The first-order valence-corrected chi connectivity index (χ1v) is 9.69. The zero-order valence-electron chi connectivity index (χ0n) is 16.5. The summed E-state index contributed by atoms with van der Waals surface area (Å²) in [6.45, 7) is -0.0499. The highest BCUT2D eigenvalue weighted by molar-refractivity contribution is 5.81. The van der Waals surface area contributed by atoms with E-state index in [1.165, 1.54) is 0 Å². The summed E-state index contributed by atoms with van der Waals surface area (Å²) in [6, 6.07) is 13.8. The molecule has 4 rings (SSSR count). The Morgan fingerprint density at radius 1 is 1.09 bits per heavy atom. The largest absolute Gasteiger partial charge is 0.480 e. The van der Waals surface area contributed by atoms with Gasteiger partial charge >= 0.3 is 18.2 Å². The number of aliphatic carboxylic acids is 1. The van der Waals surface area contributed by atoms with Gasteiger partial charge in [-0.1, -0.05) is 48.5 Å². The molecular formula is C22H18F3N3O4. The van der Waals surface area contributed by atoms with E-state index in [2.05, 4.69) is 10.4 Å². The molecule has 0 unspecified atom stereocenters. The Balaban J connectivity index is 1.44. The van der Waals surface area contributed by atoms with Crippen LogP contribution in [0.1, 0.15) is 28.3 Å². The number of benzene rings is 2. The fraction of sp³-hybridized carbons (Fsp3) is 0.227. The second-order valence-corrected chi connectivity index (χ2v) is 7.33. The number of carboxylic acid groups (broad SMARTS) is 1. The van der Waals surface area contributed by atoms with Gasteiger partial charge < -0.3 is 15.2 Å². The molecule has 1 heterocycles. The number of aromatic amines is 1. The maximum atomic E-state index is 13.0. The fourth-order valence-corrected chi connectivity index (χ4v) is 3.91. The van der Waals surface area contributed by atoms with E-state index in [1.54, 1.807) is 0 Å². The quantitative estimate of drug-likeness (QED) is 0.533. The maximum Gasteiger partial charge on any atom is 0.433 e. The molecule has 0 fully saturated rings. The number of alkyl carbamates (subject to hydrolysis) is 1. The van der Waals surface area contributed by atoms with E-state index < -0.39 is 36.4 Å². The van der Waals surface area contributed by atoms with Crippen molar-refractivity contribution < 1.29 is 32.6 Å². The Bertz CT molecular complexity index is 1110. The van der Waals surface area contributed by atoms with Crippen LogP contribution < -0.4 is 5.32 Å². The van der Waals surface area contributed by atoms with Gasteiger partial charge in [0.1, 0.15) is 18.3 Å². The number of amides is 1. The van der Waals surface area contributed by atoms with Gasteiger partial charge in [0.2, 0.25) is 0 Å². The summed E-state index contributed by atoms with van der Waals surface area (Å²) in [7, 11) is 0. The monoisotopic (exact) mass is 445 g/mol. The van der Waals surface area contributed by atoms with E-state index in [1.807, 2.05) is 53.6 Å². The molecule has 2 aromatic carbocycles. The Kier molecular flexibility index (Phi) is 5.60. The molecule has 0 bridgehead atoms. The molecule has 0 saturated heterocycles. The summed E-state index contributed by atoms with van der Waals surface area (Å²) < 4.78 is 44.3. The minimum atomic E-state index is -4.72. The van der Waals surface area contributed by atoms with Crippen LogP contribution in [0.15, 0.2) is 54.7 Å². The van der Waals surface area contributed by atoms with Gasteiger partial charge in [-0.25, -0.2) is 9.59 Å². The molecule has 0 radical (unpaired) electrons. The molecule has 1 aliphatic carbocycles. The van der Waals surface area contributed by atoms with Crippen molar-refractivity contribution in [3.63, 3.8) is 0 Å². The molecule has 10 heteroatoms. The van der Waals surface area contributed by atoms with Gasteiger partial charge in [0.05, 0.1) is 6.20 Å². The molecule has 7 nitrogen and oxygen atoms in total. The van der Waals surface area contributed by atoms with Gasteiger partial charge in [-0.3, -0.25) is 5.10 Å². The number of halogens is 3. The molecule has 3 aromatic rings. The topological polar surface area (TPSA) is 104 Å². The number of carbonyl (C=O) groups excluding carboxylic acids is 1. The number of carbonyl (C=O) groups is 2. The van der Waals surface area contributed by atoms with Crippen LogP contribution >= 0.6 is 0 Å². The minimum absolute atomic E-state index is 0.0499. The van der Waals surface area contributed by atoms with E-state index >= 15 is 0 Å². The molecule has 1 aliphatic rings. The highest BCUT2D eigenvalue weighted by Gasteiger charge is 2.37. The molecule has 166 valence electrons. The first kappa shape index (κ1) is 21.4. The van der Waals surface area contributed by atoms with Crippen LogP contribution in [0.25, 0.3) is 11.1 Å². The summed E-state index contributed by atoms with van der Waals surface area (Å²) >= 11 is 0. The number of hydrogen-bond donors (Lipinski definition) is 3. The van der Waals surface area contributed by atoms with Gasteiger partial charge in [-0.15, -0.1) is 0 Å². The summed E-state index contributed by atoms with van der Waals surface area (Å²) in [5.41, 5.74) is 2.48. The number of alkyl halides is 3. The Morgan fingerprint density at radius 2 is 1.69 bits per heavy atom. The number of hydrogen-bond acceptors (Lipinski definition) is 4. The van der Waals surface area contributed by atoms with E-state index in [4.69, 9.17) is 4.74 Å².